The summed E-state index contributed by atoms with van der Waals surface area (Å²) < 4.78 is 16.2. The van der Waals surface area contributed by atoms with Crippen LogP contribution in [0, 0.1) is 0 Å². The fraction of sp³-hybridized carbons (Fsp3) is 0.211. The molecular weight excluding hydrogens is 370 g/mol. The number of benzene rings is 2. The van der Waals surface area contributed by atoms with Crippen molar-refractivity contribution < 1.29 is 18.7 Å². The normalized spacial score (nSPS) is 10.4. The van der Waals surface area contributed by atoms with Gasteiger partial charge in [0.2, 0.25) is 11.8 Å². The van der Waals surface area contributed by atoms with Crippen molar-refractivity contribution in [3.05, 3.63) is 59.4 Å². The molecule has 0 aliphatic rings. The Kier molecular flexibility index (Phi) is 6.27. The Labute approximate surface area is 161 Å². The van der Waals surface area contributed by atoms with Gasteiger partial charge in [-0.25, -0.2) is 0 Å². The molecule has 0 unspecified atom stereocenters. The molecule has 140 valence electrons. The lowest BCUT2D eigenvalue weighted by Crippen LogP contribution is -2.30. The number of hydrogen-bond donors (Lipinski definition) is 1. The molecule has 2 aromatic carbocycles. The molecule has 27 heavy (non-hydrogen) atoms. The Bertz CT molecular complexity index is 896. The molecule has 7 nitrogen and oxygen atoms in total. The van der Waals surface area contributed by atoms with Crippen molar-refractivity contribution in [1.82, 2.24) is 15.5 Å². The molecule has 3 rings (SSSR count). The standard InChI is InChI=1S/C19H18ClN3O4/c1-25-16-4-2-3-13(11-16)19-23-22-18(27-19)9-10-21-17(24)12-26-15-7-5-14(20)6-8-15/h2-8,11H,9-10,12H2,1H3,(H,21,24). The molecule has 8 heteroatoms. The molecule has 3 aromatic rings. The third kappa shape index (κ3) is 5.46. The monoisotopic (exact) mass is 387 g/mol. The van der Waals surface area contributed by atoms with Gasteiger partial charge >= 0.3 is 0 Å². The van der Waals surface area contributed by atoms with Crippen LogP contribution in [0.15, 0.2) is 52.9 Å². The van der Waals surface area contributed by atoms with Crippen LogP contribution in [0.5, 0.6) is 11.5 Å². The summed E-state index contributed by atoms with van der Waals surface area (Å²) in [7, 11) is 1.59. The van der Waals surface area contributed by atoms with Crippen LogP contribution < -0.4 is 14.8 Å². The molecule has 0 fully saturated rings. The number of methoxy groups -OCH3 is 1. The first kappa shape index (κ1) is 18.7. The van der Waals surface area contributed by atoms with E-state index < -0.39 is 0 Å². The van der Waals surface area contributed by atoms with Crippen molar-refractivity contribution in [1.29, 1.82) is 0 Å². The number of hydrogen-bond acceptors (Lipinski definition) is 6. The topological polar surface area (TPSA) is 86.5 Å². The number of aromatic nitrogens is 2. The summed E-state index contributed by atoms with van der Waals surface area (Å²) in [6.07, 6.45) is 0.420. The first-order valence-corrected chi connectivity index (χ1v) is 8.64. The minimum absolute atomic E-state index is 0.0828. The molecule has 0 bridgehead atoms. The average Bonchev–Trinajstić information content (AvgIpc) is 3.16. The lowest BCUT2D eigenvalue weighted by atomic mass is 10.2. The number of carbonyl (C=O) groups is 1. The van der Waals surface area contributed by atoms with Gasteiger partial charge in [0.05, 0.1) is 7.11 Å². The third-order valence-corrected chi connectivity index (χ3v) is 3.88. The van der Waals surface area contributed by atoms with Gasteiger partial charge in [-0.1, -0.05) is 17.7 Å². The zero-order chi connectivity index (χ0) is 19.1. The lowest BCUT2D eigenvalue weighted by Gasteiger charge is -2.06. The molecular formula is C19H18ClN3O4. The Hall–Kier alpha value is -3.06. The van der Waals surface area contributed by atoms with Crippen LogP contribution in [0.25, 0.3) is 11.5 Å². The summed E-state index contributed by atoms with van der Waals surface area (Å²) in [6.45, 7) is 0.281. The molecule has 0 aliphatic heterocycles. The number of carbonyl (C=O) groups excluding carboxylic acids is 1. The maximum Gasteiger partial charge on any atom is 0.257 e. The maximum absolute atomic E-state index is 11.8. The van der Waals surface area contributed by atoms with Crippen molar-refractivity contribution in [2.75, 3.05) is 20.3 Å². The van der Waals surface area contributed by atoms with Crippen molar-refractivity contribution in [2.45, 2.75) is 6.42 Å². The first-order valence-electron chi connectivity index (χ1n) is 8.26. The summed E-state index contributed by atoms with van der Waals surface area (Å²) in [5.41, 5.74) is 0.772. The summed E-state index contributed by atoms with van der Waals surface area (Å²) in [5, 5.41) is 11.4. The predicted octanol–water partition coefficient (Wildman–Crippen LogP) is 3.14. The molecule has 0 aliphatic carbocycles. The number of halogens is 1. The fourth-order valence-electron chi connectivity index (χ4n) is 2.27. The van der Waals surface area contributed by atoms with Gasteiger partial charge in [-0.15, -0.1) is 10.2 Å². The maximum atomic E-state index is 11.8. The van der Waals surface area contributed by atoms with Crippen molar-refractivity contribution in [2.24, 2.45) is 0 Å². The Balaban J connectivity index is 1.44. The van der Waals surface area contributed by atoms with Gasteiger partial charge in [-0.3, -0.25) is 4.79 Å². The third-order valence-electron chi connectivity index (χ3n) is 3.63. The number of nitrogens with one attached hydrogen (secondary N) is 1. The van der Waals surface area contributed by atoms with Gasteiger partial charge in [-0.05, 0) is 42.5 Å². The van der Waals surface area contributed by atoms with Crippen LogP contribution in [-0.4, -0.2) is 36.4 Å². The van der Waals surface area contributed by atoms with E-state index >= 15 is 0 Å². The second-order valence-corrected chi connectivity index (χ2v) is 6.01. The highest BCUT2D eigenvalue weighted by Gasteiger charge is 2.10. The number of ether oxygens (including phenoxy) is 2. The highest BCUT2D eigenvalue weighted by Crippen LogP contribution is 2.22. The van der Waals surface area contributed by atoms with Crippen LogP contribution in [-0.2, 0) is 11.2 Å². The van der Waals surface area contributed by atoms with E-state index in [4.69, 9.17) is 25.5 Å². The van der Waals surface area contributed by atoms with E-state index in [1.54, 1.807) is 31.4 Å². The van der Waals surface area contributed by atoms with Crippen molar-refractivity contribution in [3.63, 3.8) is 0 Å². The summed E-state index contributed by atoms with van der Waals surface area (Å²) in [5.74, 6) is 1.89. The van der Waals surface area contributed by atoms with Crippen molar-refractivity contribution in [3.8, 4) is 23.0 Å². The van der Waals surface area contributed by atoms with Crippen molar-refractivity contribution >= 4 is 17.5 Å². The second kappa shape index (κ2) is 9.05. The zero-order valence-corrected chi connectivity index (χ0v) is 15.4. The molecule has 0 radical (unpaired) electrons. The minimum atomic E-state index is -0.238. The molecule has 1 amide bonds. The number of rotatable bonds is 8. The SMILES string of the molecule is COc1cccc(-c2nnc(CCNC(=O)COc3ccc(Cl)cc3)o2)c1. The van der Waals surface area contributed by atoms with E-state index in [0.717, 1.165) is 5.56 Å². The number of nitrogens with zero attached hydrogens (tertiary/aromatic N) is 2. The average molecular weight is 388 g/mol. The molecule has 1 heterocycles. The predicted molar refractivity (Wildman–Crippen MR) is 99.9 cm³/mol. The van der Waals surface area contributed by atoms with Gasteiger partial charge in [-0.2, -0.15) is 0 Å². The van der Waals surface area contributed by atoms with Gasteiger partial charge < -0.3 is 19.2 Å². The zero-order valence-electron chi connectivity index (χ0n) is 14.6. The van der Waals surface area contributed by atoms with Gasteiger partial charge in [0.15, 0.2) is 6.61 Å². The van der Waals surface area contributed by atoms with E-state index in [9.17, 15) is 4.79 Å². The first-order chi connectivity index (χ1) is 13.1. The summed E-state index contributed by atoms with van der Waals surface area (Å²) in [4.78, 5) is 11.8. The molecule has 0 atom stereocenters. The number of amides is 1. The highest BCUT2D eigenvalue weighted by molar-refractivity contribution is 6.30. The van der Waals surface area contributed by atoms with Gasteiger partial charge in [0, 0.05) is 23.6 Å². The van der Waals surface area contributed by atoms with E-state index in [0.29, 0.717) is 41.3 Å². The lowest BCUT2D eigenvalue weighted by molar-refractivity contribution is -0.123. The van der Waals surface area contributed by atoms with E-state index in [2.05, 4.69) is 15.5 Å². The Morgan fingerprint density at radius 3 is 2.74 bits per heavy atom. The summed E-state index contributed by atoms with van der Waals surface area (Å²) >= 11 is 5.80. The van der Waals surface area contributed by atoms with E-state index in [-0.39, 0.29) is 12.5 Å². The van der Waals surface area contributed by atoms with Crippen LogP contribution in [0.3, 0.4) is 0 Å². The second-order valence-electron chi connectivity index (χ2n) is 5.58. The Morgan fingerprint density at radius 2 is 1.96 bits per heavy atom. The molecule has 0 saturated heterocycles. The minimum Gasteiger partial charge on any atom is -0.497 e. The van der Waals surface area contributed by atoms with Crippen LogP contribution in [0.4, 0.5) is 0 Å². The Morgan fingerprint density at radius 1 is 1.15 bits per heavy atom. The van der Waals surface area contributed by atoms with Crippen LogP contribution in [0.2, 0.25) is 5.02 Å². The van der Waals surface area contributed by atoms with Crippen LogP contribution in [0.1, 0.15) is 5.89 Å². The van der Waals surface area contributed by atoms with Crippen LogP contribution >= 0.6 is 11.6 Å². The highest BCUT2D eigenvalue weighted by atomic mass is 35.5. The largest absolute Gasteiger partial charge is 0.497 e. The quantitative estimate of drug-likeness (QED) is 0.639. The van der Waals surface area contributed by atoms with E-state index in [1.165, 1.54) is 0 Å². The van der Waals surface area contributed by atoms with E-state index in [1.807, 2.05) is 24.3 Å². The smallest absolute Gasteiger partial charge is 0.257 e. The molecule has 0 spiro atoms. The van der Waals surface area contributed by atoms with Gasteiger partial charge in [0.1, 0.15) is 11.5 Å². The molecule has 1 N–H and O–H groups in total. The molecule has 0 saturated carbocycles. The summed E-state index contributed by atoms with van der Waals surface area (Å²) in [6, 6.07) is 14.2. The van der Waals surface area contributed by atoms with Gasteiger partial charge in [0.25, 0.3) is 5.91 Å². The fourth-order valence-corrected chi connectivity index (χ4v) is 2.39. The molecule has 1 aromatic heterocycles.